The Labute approximate surface area is 110 Å². The van der Waals surface area contributed by atoms with E-state index < -0.39 is 0 Å². The molecule has 0 aromatic heterocycles. The summed E-state index contributed by atoms with van der Waals surface area (Å²) >= 11 is 0. The number of ether oxygens (including phenoxy) is 1. The second-order valence-electron chi connectivity index (χ2n) is 5.12. The highest BCUT2D eigenvalue weighted by atomic mass is 16.5. The van der Waals surface area contributed by atoms with Gasteiger partial charge in [0.2, 0.25) is 5.91 Å². The Bertz CT molecular complexity index is 248. The standard InChI is InChI=1S/C13H27N3O2/c1-12(10-14)11-15-5-3-6-16(8-7-15)13(17)4-9-18-2/h12H,3-11,14H2,1-2H3. The number of hydrogen-bond acceptors (Lipinski definition) is 4. The van der Waals surface area contributed by atoms with Gasteiger partial charge >= 0.3 is 0 Å². The van der Waals surface area contributed by atoms with Crippen LogP contribution in [-0.2, 0) is 9.53 Å². The van der Waals surface area contributed by atoms with Crippen LogP contribution in [0.4, 0.5) is 0 Å². The van der Waals surface area contributed by atoms with Crippen LogP contribution in [0.1, 0.15) is 19.8 Å². The van der Waals surface area contributed by atoms with Gasteiger partial charge in [-0.3, -0.25) is 4.79 Å². The smallest absolute Gasteiger partial charge is 0.224 e. The highest BCUT2D eigenvalue weighted by Crippen LogP contribution is 2.07. The van der Waals surface area contributed by atoms with Gasteiger partial charge in [-0.05, 0) is 25.4 Å². The number of nitrogens with zero attached hydrogens (tertiary/aromatic N) is 2. The molecule has 0 radical (unpaired) electrons. The van der Waals surface area contributed by atoms with Gasteiger partial charge in [-0.25, -0.2) is 0 Å². The predicted octanol–water partition coefficient (Wildman–Crippen LogP) is 0.152. The van der Waals surface area contributed by atoms with Crippen molar-refractivity contribution < 1.29 is 9.53 Å². The molecule has 106 valence electrons. The Morgan fingerprint density at radius 3 is 2.78 bits per heavy atom. The zero-order valence-corrected chi connectivity index (χ0v) is 11.7. The van der Waals surface area contributed by atoms with E-state index in [1.54, 1.807) is 7.11 Å². The van der Waals surface area contributed by atoms with Crippen molar-refractivity contribution in [2.45, 2.75) is 19.8 Å². The maximum atomic E-state index is 11.9. The maximum absolute atomic E-state index is 11.9. The SMILES string of the molecule is COCCC(=O)N1CCCN(CC(C)CN)CC1. The van der Waals surface area contributed by atoms with Gasteiger partial charge in [-0.2, -0.15) is 0 Å². The molecule has 5 nitrogen and oxygen atoms in total. The van der Waals surface area contributed by atoms with E-state index in [-0.39, 0.29) is 5.91 Å². The van der Waals surface area contributed by atoms with Gasteiger partial charge in [0.1, 0.15) is 0 Å². The lowest BCUT2D eigenvalue weighted by atomic mass is 10.1. The molecule has 0 aliphatic carbocycles. The van der Waals surface area contributed by atoms with Crippen molar-refractivity contribution in [3.8, 4) is 0 Å². The van der Waals surface area contributed by atoms with E-state index in [0.717, 1.165) is 45.7 Å². The molecule has 2 N–H and O–H groups in total. The van der Waals surface area contributed by atoms with Gasteiger partial charge in [0, 0.05) is 33.3 Å². The lowest BCUT2D eigenvalue weighted by molar-refractivity contribution is -0.132. The van der Waals surface area contributed by atoms with Crippen LogP contribution in [-0.4, -0.2) is 68.7 Å². The Kier molecular flexibility index (Phi) is 7.23. The van der Waals surface area contributed by atoms with Gasteiger partial charge in [0.15, 0.2) is 0 Å². The molecule has 1 fully saturated rings. The number of amides is 1. The third-order valence-electron chi connectivity index (χ3n) is 3.43. The van der Waals surface area contributed by atoms with Gasteiger partial charge in [0.25, 0.3) is 0 Å². The largest absolute Gasteiger partial charge is 0.384 e. The summed E-state index contributed by atoms with van der Waals surface area (Å²) in [6.45, 7) is 8.19. The van der Waals surface area contributed by atoms with Gasteiger partial charge in [-0.1, -0.05) is 6.92 Å². The second kappa shape index (κ2) is 8.45. The summed E-state index contributed by atoms with van der Waals surface area (Å²) in [6.07, 6.45) is 1.55. The van der Waals surface area contributed by atoms with Crippen LogP contribution in [0.2, 0.25) is 0 Å². The summed E-state index contributed by atoms with van der Waals surface area (Å²) in [5.41, 5.74) is 5.65. The van der Waals surface area contributed by atoms with Crippen molar-refractivity contribution in [3.63, 3.8) is 0 Å². The second-order valence-corrected chi connectivity index (χ2v) is 5.12. The van der Waals surface area contributed by atoms with Gasteiger partial charge < -0.3 is 20.3 Å². The monoisotopic (exact) mass is 257 g/mol. The first kappa shape index (κ1) is 15.4. The van der Waals surface area contributed by atoms with Crippen molar-refractivity contribution in [1.29, 1.82) is 0 Å². The minimum absolute atomic E-state index is 0.213. The van der Waals surface area contributed by atoms with Crippen LogP contribution in [0.5, 0.6) is 0 Å². The molecule has 1 aliphatic heterocycles. The van der Waals surface area contributed by atoms with E-state index in [4.69, 9.17) is 10.5 Å². The summed E-state index contributed by atoms with van der Waals surface area (Å²) in [5.74, 6) is 0.742. The van der Waals surface area contributed by atoms with Crippen LogP contribution in [0.25, 0.3) is 0 Å². The molecule has 1 heterocycles. The Hall–Kier alpha value is -0.650. The minimum Gasteiger partial charge on any atom is -0.384 e. The summed E-state index contributed by atoms with van der Waals surface area (Å²) in [7, 11) is 1.63. The quantitative estimate of drug-likeness (QED) is 0.736. The van der Waals surface area contributed by atoms with Crippen molar-refractivity contribution >= 4 is 5.91 Å². The molecule has 1 amide bonds. The molecule has 0 aromatic rings. The fourth-order valence-electron chi connectivity index (χ4n) is 2.27. The molecule has 0 spiro atoms. The number of methoxy groups -OCH3 is 1. The van der Waals surface area contributed by atoms with E-state index >= 15 is 0 Å². The van der Waals surface area contributed by atoms with E-state index in [2.05, 4.69) is 11.8 Å². The average Bonchev–Trinajstić information content (AvgIpc) is 2.61. The molecule has 0 bridgehead atoms. The molecule has 1 atom stereocenters. The van der Waals surface area contributed by atoms with Crippen molar-refractivity contribution in [2.24, 2.45) is 11.7 Å². The third-order valence-corrected chi connectivity index (χ3v) is 3.43. The van der Waals surface area contributed by atoms with Crippen LogP contribution in [0.15, 0.2) is 0 Å². The normalized spacial score (nSPS) is 19.6. The molecule has 1 unspecified atom stereocenters. The molecular formula is C13H27N3O2. The highest BCUT2D eigenvalue weighted by molar-refractivity contribution is 5.76. The summed E-state index contributed by atoms with van der Waals surface area (Å²) < 4.78 is 4.95. The molecule has 5 heteroatoms. The molecule has 1 saturated heterocycles. The lowest BCUT2D eigenvalue weighted by Crippen LogP contribution is -2.37. The number of rotatable bonds is 6. The first-order valence-electron chi connectivity index (χ1n) is 6.86. The number of nitrogens with two attached hydrogens (primary N) is 1. The average molecular weight is 257 g/mol. The third kappa shape index (κ3) is 5.33. The minimum atomic E-state index is 0.213. The predicted molar refractivity (Wildman–Crippen MR) is 72.3 cm³/mol. The molecular weight excluding hydrogens is 230 g/mol. The van der Waals surface area contributed by atoms with E-state index in [1.165, 1.54) is 0 Å². The maximum Gasteiger partial charge on any atom is 0.224 e. The number of hydrogen-bond donors (Lipinski definition) is 1. The molecule has 18 heavy (non-hydrogen) atoms. The lowest BCUT2D eigenvalue weighted by Gasteiger charge is -2.24. The van der Waals surface area contributed by atoms with Crippen molar-refractivity contribution in [1.82, 2.24) is 9.80 Å². The Morgan fingerprint density at radius 2 is 2.11 bits per heavy atom. The molecule has 0 aromatic carbocycles. The molecule has 1 aliphatic rings. The molecule has 0 saturated carbocycles. The van der Waals surface area contributed by atoms with Gasteiger partial charge in [-0.15, -0.1) is 0 Å². The van der Waals surface area contributed by atoms with Crippen molar-refractivity contribution in [3.05, 3.63) is 0 Å². The topological polar surface area (TPSA) is 58.8 Å². The Balaban J connectivity index is 2.33. The molecule has 1 rings (SSSR count). The van der Waals surface area contributed by atoms with E-state index in [9.17, 15) is 4.79 Å². The van der Waals surface area contributed by atoms with Gasteiger partial charge in [0.05, 0.1) is 13.0 Å². The zero-order valence-electron chi connectivity index (χ0n) is 11.7. The van der Waals surface area contributed by atoms with E-state index in [1.807, 2.05) is 4.90 Å². The van der Waals surface area contributed by atoms with Crippen LogP contribution in [0.3, 0.4) is 0 Å². The first-order chi connectivity index (χ1) is 8.67. The van der Waals surface area contributed by atoms with Crippen molar-refractivity contribution in [2.75, 3.05) is 53.0 Å². The fraction of sp³-hybridized carbons (Fsp3) is 0.923. The number of carbonyl (C=O) groups excluding carboxylic acids is 1. The summed E-state index contributed by atoms with van der Waals surface area (Å²) in [6, 6.07) is 0. The highest BCUT2D eigenvalue weighted by Gasteiger charge is 2.19. The first-order valence-corrected chi connectivity index (χ1v) is 6.86. The number of carbonyl (C=O) groups is 1. The Morgan fingerprint density at radius 1 is 1.33 bits per heavy atom. The summed E-state index contributed by atoms with van der Waals surface area (Å²) in [4.78, 5) is 16.3. The van der Waals surface area contributed by atoms with E-state index in [0.29, 0.717) is 18.9 Å². The van der Waals surface area contributed by atoms with Crippen LogP contribution in [0, 0.1) is 5.92 Å². The van der Waals surface area contributed by atoms with Crippen LogP contribution < -0.4 is 5.73 Å². The zero-order chi connectivity index (χ0) is 13.4. The van der Waals surface area contributed by atoms with Crippen LogP contribution >= 0.6 is 0 Å². The fourth-order valence-corrected chi connectivity index (χ4v) is 2.27. The summed E-state index contributed by atoms with van der Waals surface area (Å²) in [5, 5.41) is 0.